The maximum absolute atomic E-state index is 11.6. The Hall–Kier alpha value is -2.15. The monoisotopic (exact) mass is 244 g/mol. The number of hydrogen-bond donors (Lipinski definition) is 0. The fourth-order valence-electron chi connectivity index (χ4n) is 1.98. The number of ether oxygens (including phenoxy) is 1. The summed E-state index contributed by atoms with van der Waals surface area (Å²) in [6.07, 6.45) is 4.73. The Bertz CT molecular complexity index is 431. The van der Waals surface area contributed by atoms with Crippen LogP contribution in [0.2, 0.25) is 0 Å². The number of rotatable bonds is 2. The van der Waals surface area contributed by atoms with Gasteiger partial charge in [0.15, 0.2) is 6.61 Å². The smallest absolute Gasteiger partial charge is 0.410 e. The number of piperazine rings is 1. The highest BCUT2D eigenvalue weighted by atomic mass is 16.6. The van der Waals surface area contributed by atoms with Crippen molar-refractivity contribution >= 4 is 11.8 Å². The Morgan fingerprint density at radius 2 is 1.89 bits per heavy atom. The molecule has 0 radical (unpaired) electrons. The van der Waals surface area contributed by atoms with Crippen molar-refractivity contribution in [2.45, 2.75) is 0 Å². The van der Waals surface area contributed by atoms with Gasteiger partial charge in [-0.15, -0.1) is 6.42 Å². The Morgan fingerprint density at radius 3 is 2.50 bits per heavy atom. The predicted molar refractivity (Wildman–Crippen MR) is 70.4 cm³/mol. The summed E-state index contributed by atoms with van der Waals surface area (Å²) in [5.41, 5.74) is 1.19. The van der Waals surface area contributed by atoms with Gasteiger partial charge in [-0.1, -0.05) is 24.1 Å². The SMILES string of the molecule is C#CCOC(=O)N1CCN(c2ccccc2)CC1. The zero-order chi connectivity index (χ0) is 12.8. The molecular formula is C14H16N2O2. The van der Waals surface area contributed by atoms with Crippen molar-refractivity contribution in [3.05, 3.63) is 30.3 Å². The first kappa shape index (κ1) is 12.3. The van der Waals surface area contributed by atoms with E-state index in [1.165, 1.54) is 5.69 Å². The van der Waals surface area contributed by atoms with Crippen molar-refractivity contribution in [1.29, 1.82) is 0 Å². The van der Waals surface area contributed by atoms with Crippen LogP contribution in [0.5, 0.6) is 0 Å². The van der Waals surface area contributed by atoms with Crippen molar-refractivity contribution in [2.75, 3.05) is 37.7 Å². The molecule has 1 aromatic rings. The van der Waals surface area contributed by atoms with Crippen molar-refractivity contribution in [3.63, 3.8) is 0 Å². The lowest BCUT2D eigenvalue weighted by Gasteiger charge is -2.35. The third-order valence-electron chi connectivity index (χ3n) is 2.94. The van der Waals surface area contributed by atoms with Crippen LogP contribution in [0, 0.1) is 12.3 Å². The molecule has 18 heavy (non-hydrogen) atoms. The topological polar surface area (TPSA) is 32.8 Å². The van der Waals surface area contributed by atoms with Crippen LogP contribution >= 0.6 is 0 Å². The van der Waals surface area contributed by atoms with Crippen LogP contribution in [0.1, 0.15) is 0 Å². The highest BCUT2D eigenvalue weighted by Gasteiger charge is 2.21. The second-order valence-corrected chi connectivity index (χ2v) is 4.07. The molecule has 4 nitrogen and oxygen atoms in total. The summed E-state index contributed by atoms with van der Waals surface area (Å²) < 4.78 is 4.90. The van der Waals surface area contributed by atoms with Gasteiger partial charge < -0.3 is 14.5 Å². The van der Waals surface area contributed by atoms with Gasteiger partial charge in [0, 0.05) is 31.9 Å². The van der Waals surface area contributed by atoms with Crippen LogP contribution in [0.4, 0.5) is 10.5 Å². The summed E-state index contributed by atoms with van der Waals surface area (Å²) in [5.74, 6) is 2.29. The molecule has 1 amide bonds. The number of carbonyl (C=O) groups is 1. The zero-order valence-corrected chi connectivity index (χ0v) is 10.2. The van der Waals surface area contributed by atoms with Crippen molar-refractivity contribution in [2.24, 2.45) is 0 Å². The summed E-state index contributed by atoms with van der Waals surface area (Å²) in [6.45, 7) is 3.00. The number of anilines is 1. The largest absolute Gasteiger partial charge is 0.436 e. The molecule has 94 valence electrons. The van der Waals surface area contributed by atoms with E-state index in [4.69, 9.17) is 11.2 Å². The van der Waals surface area contributed by atoms with E-state index >= 15 is 0 Å². The lowest BCUT2D eigenvalue weighted by atomic mass is 10.2. The van der Waals surface area contributed by atoms with Gasteiger partial charge in [-0.05, 0) is 12.1 Å². The lowest BCUT2D eigenvalue weighted by molar-refractivity contribution is 0.111. The third-order valence-corrected chi connectivity index (χ3v) is 2.94. The normalized spacial score (nSPS) is 15.1. The fraction of sp³-hybridized carbons (Fsp3) is 0.357. The summed E-state index contributed by atoms with van der Waals surface area (Å²) in [4.78, 5) is 15.5. The van der Waals surface area contributed by atoms with Crippen LogP contribution in [-0.4, -0.2) is 43.8 Å². The number of nitrogens with zero attached hydrogens (tertiary/aromatic N) is 2. The van der Waals surface area contributed by atoms with Gasteiger partial charge in [-0.3, -0.25) is 0 Å². The fourth-order valence-corrected chi connectivity index (χ4v) is 1.98. The maximum atomic E-state index is 11.6. The number of terminal acetylenes is 1. The molecule has 4 heteroatoms. The molecule has 0 N–H and O–H groups in total. The lowest BCUT2D eigenvalue weighted by Crippen LogP contribution is -2.49. The minimum absolute atomic E-state index is 0.0394. The van der Waals surface area contributed by atoms with Gasteiger partial charge in [-0.2, -0.15) is 0 Å². The van der Waals surface area contributed by atoms with E-state index in [0.717, 1.165) is 13.1 Å². The van der Waals surface area contributed by atoms with Gasteiger partial charge in [0.05, 0.1) is 0 Å². The second kappa shape index (κ2) is 5.97. The molecule has 1 saturated heterocycles. The van der Waals surface area contributed by atoms with Crippen LogP contribution < -0.4 is 4.90 Å². The highest BCUT2D eigenvalue weighted by Crippen LogP contribution is 2.15. The third kappa shape index (κ3) is 2.95. The molecule has 0 aliphatic carbocycles. The van der Waals surface area contributed by atoms with E-state index in [0.29, 0.717) is 13.1 Å². The minimum atomic E-state index is -0.319. The van der Waals surface area contributed by atoms with E-state index in [9.17, 15) is 4.79 Å². The van der Waals surface area contributed by atoms with E-state index < -0.39 is 0 Å². The Kier molecular flexibility index (Phi) is 4.08. The van der Waals surface area contributed by atoms with Crippen LogP contribution in [0.3, 0.4) is 0 Å². The summed E-state index contributed by atoms with van der Waals surface area (Å²) >= 11 is 0. The molecule has 0 aromatic heterocycles. The standard InChI is InChI=1S/C14H16N2O2/c1-2-12-18-14(17)16-10-8-15(9-11-16)13-6-4-3-5-7-13/h1,3-7H,8-12H2. The van der Waals surface area contributed by atoms with E-state index in [1.54, 1.807) is 4.90 Å². The first-order valence-corrected chi connectivity index (χ1v) is 5.96. The van der Waals surface area contributed by atoms with Crippen LogP contribution in [0.15, 0.2) is 30.3 Å². The van der Waals surface area contributed by atoms with Gasteiger partial charge in [0.2, 0.25) is 0 Å². The molecular weight excluding hydrogens is 228 g/mol. The molecule has 0 bridgehead atoms. The van der Waals surface area contributed by atoms with Crippen LogP contribution in [-0.2, 0) is 4.74 Å². The quantitative estimate of drug-likeness (QED) is 0.740. The average Bonchev–Trinajstić information content (AvgIpc) is 2.46. The molecule has 0 spiro atoms. The Labute approximate surface area is 107 Å². The molecule has 1 fully saturated rings. The molecule has 1 aliphatic rings. The molecule has 0 saturated carbocycles. The molecule has 1 aromatic carbocycles. The number of para-hydroxylation sites is 1. The summed E-state index contributed by atoms with van der Waals surface area (Å²) in [7, 11) is 0. The molecule has 1 heterocycles. The average molecular weight is 244 g/mol. The Balaban J connectivity index is 1.85. The van der Waals surface area contributed by atoms with Gasteiger partial charge in [-0.25, -0.2) is 4.79 Å². The van der Waals surface area contributed by atoms with Crippen LogP contribution in [0.25, 0.3) is 0 Å². The minimum Gasteiger partial charge on any atom is -0.436 e. The summed E-state index contributed by atoms with van der Waals surface area (Å²) in [6, 6.07) is 10.2. The van der Waals surface area contributed by atoms with Gasteiger partial charge in [0.1, 0.15) is 0 Å². The van der Waals surface area contributed by atoms with Gasteiger partial charge >= 0.3 is 6.09 Å². The van der Waals surface area contributed by atoms with E-state index in [2.05, 4.69) is 23.0 Å². The van der Waals surface area contributed by atoms with Crippen molar-refractivity contribution in [3.8, 4) is 12.3 Å². The molecule has 2 rings (SSSR count). The van der Waals surface area contributed by atoms with E-state index in [1.807, 2.05) is 18.2 Å². The first-order valence-electron chi connectivity index (χ1n) is 5.96. The molecule has 1 aliphatic heterocycles. The van der Waals surface area contributed by atoms with E-state index in [-0.39, 0.29) is 12.7 Å². The first-order chi connectivity index (χ1) is 8.81. The highest BCUT2D eigenvalue weighted by molar-refractivity contribution is 5.68. The molecule has 0 unspecified atom stereocenters. The number of benzene rings is 1. The second-order valence-electron chi connectivity index (χ2n) is 4.07. The number of amides is 1. The number of carbonyl (C=O) groups excluding carboxylic acids is 1. The predicted octanol–water partition coefficient (Wildman–Crippen LogP) is 1.58. The summed E-state index contributed by atoms with van der Waals surface area (Å²) in [5, 5.41) is 0. The zero-order valence-electron chi connectivity index (χ0n) is 10.2. The number of hydrogen-bond acceptors (Lipinski definition) is 3. The Morgan fingerprint density at radius 1 is 1.22 bits per heavy atom. The van der Waals surface area contributed by atoms with Gasteiger partial charge in [0.25, 0.3) is 0 Å². The van der Waals surface area contributed by atoms with Crippen molar-refractivity contribution in [1.82, 2.24) is 4.90 Å². The van der Waals surface area contributed by atoms with Crippen molar-refractivity contribution < 1.29 is 9.53 Å². The molecule has 0 atom stereocenters. The maximum Gasteiger partial charge on any atom is 0.410 e.